The summed E-state index contributed by atoms with van der Waals surface area (Å²) in [6, 6.07) is 15.1. The molecule has 0 amide bonds. The van der Waals surface area contributed by atoms with E-state index in [4.69, 9.17) is 8.83 Å². The van der Waals surface area contributed by atoms with E-state index in [0.29, 0.717) is 23.1 Å². The smallest absolute Gasteiger partial charge is 0.477 e. The van der Waals surface area contributed by atoms with Crippen molar-refractivity contribution in [2.45, 2.75) is 57.7 Å². The number of rotatable bonds is 10. The van der Waals surface area contributed by atoms with E-state index < -0.39 is 28.4 Å². The zero-order chi connectivity index (χ0) is 30.2. The van der Waals surface area contributed by atoms with Gasteiger partial charge in [0.05, 0.1) is 18.2 Å². The number of aliphatic carboxylic acids is 1. The van der Waals surface area contributed by atoms with Crippen molar-refractivity contribution in [2.24, 2.45) is 0 Å². The Morgan fingerprint density at radius 1 is 1.14 bits per heavy atom. The maximum absolute atomic E-state index is 12.8. The molecule has 3 heterocycles. The number of carboxylic acid groups (broad SMARTS) is 1. The molecule has 0 saturated heterocycles. The van der Waals surface area contributed by atoms with Gasteiger partial charge in [0.1, 0.15) is 17.1 Å². The largest absolute Gasteiger partial charge is 0.519 e. The van der Waals surface area contributed by atoms with Gasteiger partial charge in [-0.1, -0.05) is 55.5 Å². The fraction of sp³-hybridized carbons (Fsp3) is 0.345. The Labute approximate surface area is 245 Å². The summed E-state index contributed by atoms with van der Waals surface area (Å²) in [5, 5.41) is 39.1. The number of nitrogens with one attached hydrogen (secondary N) is 2. The lowest BCUT2D eigenvalue weighted by Crippen LogP contribution is -2.54. The minimum absolute atomic E-state index is 0.0633. The van der Waals surface area contributed by atoms with Gasteiger partial charge < -0.3 is 29.3 Å². The first-order chi connectivity index (χ1) is 19.9. The van der Waals surface area contributed by atoms with Crippen LogP contribution in [0, 0.1) is 6.92 Å². The number of nitrogens with zero attached hydrogens (tertiary/aromatic N) is 4. The fourth-order valence-corrected chi connectivity index (χ4v) is 6.63. The molecule has 0 saturated carbocycles. The van der Waals surface area contributed by atoms with Gasteiger partial charge in [0.15, 0.2) is 16.6 Å². The summed E-state index contributed by atoms with van der Waals surface area (Å²) < 4.78 is 10.5. The van der Waals surface area contributed by atoms with E-state index in [1.54, 1.807) is 11.8 Å². The SMILES string of the molecule is CCSC1(Cc2oc(=O)oc2C)NC(C(C)(C)O)=C(C(=O)O)N1C(C)c1ccc(-c2ccccc2-c2nnn[nH]2)cc1. The molecule has 13 heteroatoms. The average molecular weight is 593 g/mol. The topological polar surface area (TPSA) is 171 Å². The molecule has 0 fully saturated rings. The highest BCUT2D eigenvalue weighted by Gasteiger charge is 2.53. The first-order valence-electron chi connectivity index (χ1n) is 13.4. The molecule has 0 spiro atoms. The Bertz CT molecular complexity index is 1670. The van der Waals surface area contributed by atoms with Crippen molar-refractivity contribution in [1.29, 1.82) is 0 Å². The molecule has 2 atom stereocenters. The van der Waals surface area contributed by atoms with Gasteiger partial charge in [-0.15, -0.1) is 16.9 Å². The van der Waals surface area contributed by atoms with Crippen molar-refractivity contribution in [3.63, 3.8) is 0 Å². The van der Waals surface area contributed by atoms with Gasteiger partial charge in [-0.3, -0.25) is 0 Å². The minimum Gasteiger partial charge on any atom is -0.477 e. The minimum atomic E-state index is -1.50. The summed E-state index contributed by atoms with van der Waals surface area (Å²) in [6.07, 6.45) is 0.0977. The Hall–Kier alpha value is -4.36. The molecule has 5 rings (SSSR count). The molecule has 4 N–H and O–H groups in total. The number of aromatic amines is 1. The van der Waals surface area contributed by atoms with Crippen molar-refractivity contribution in [3.05, 3.63) is 87.6 Å². The number of benzene rings is 2. The van der Waals surface area contributed by atoms with E-state index >= 15 is 0 Å². The number of thioether (sulfide) groups is 1. The number of aryl methyl sites for hydroxylation is 1. The summed E-state index contributed by atoms with van der Waals surface area (Å²) in [6.45, 7) is 8.56. The molecule has 4 aromatic rings. The van der Waals surface area contributed by atoms with Crippen molar-refractivity contribution >= 4 is 17.7 Å². The predicted octanol–water partition coefficient (Wildman–Crippen LogP) is 4.07. The molecule has 2 aromatic carbocycles. The second-order valence-corrected chi connectivity index (χ2v) is 12.0. The third-order valence-corrected chi connectivity index (χ3v) is 8.45. The number of hydrogen-bond acceptors (Lipinski definition) is 11. The average Bonchev–Trinajstić information content (AvgIpc) is 3.67. The van der Waals surface area contributed by atoms with Gasteiger partial charge in [0.25, 0.3) is 0 Å². The van der Waals surface area contributed by atoms with Crippen LogP contribution in [0.3, 0.4) is 0 Å². The van der Waals surface area contributed by atoms with Gasteiger partial charge in [-0.05, 0) is 60.6 Å². The number of H-pyrrole nitrogens is 1. The van der Waals surface area contributed by atoms with Gasteiger partial charge in [0, 0.05) is 5.56 Å². The van der Waals surface area contributed by atoms with Gasteiger partial charge in [-0.2, -0.15) is 0 Å². The maximum Gasteiger partial charge on any atom is 0.519 e. The first kappa shape index (κ1) is 29.1. The van der Waals surface area contributed by atoms with Crippen LogP contribution in [0.4, 0.5) is 0 Å². The van der Waals surface area contributed by atoms with E-state index in [-0.39, 0.29) is 17.8 Å². The zero-order valence-electron chi connectivity index (χ0n) is 23.8. The summed E-state index contributed by atoms with van der Waals surface area (Å²) in [5.74, 6) is -0.283. The molecule has 1 aliphatic heterocycles. The Morgan fingerprint density at radius 2 is 1.83 bits per heavy atom. The van der Waals surface area contributed by atoms with Crippen LogP contribution in [0.25, 0.3) is 22.5 Å². The van der Waals surface area contributed by atoms with Crippen molar-refractivity contribution < 1.29 is 23.8 Å². The van der Waals surface area contributed by atoms with Crippen LogP contribution in [0.2, 0.25) is 0 Å². The van der Waals surface area contributed by atoms with E-state index in [1.807, 2.05) is 62.4 Å². The second-order valence-electron chi connectivity index (χ2n) is 10.5. The van der Waals surface area contributed by atoms with Crippen LogP contribution in [-0.2, 0) is 11.2 Å². The molecule has 0 radical (unpaired) electrons. The van der Waals surface area contributed by atoms with Crippen LogP contribution in [0.1, 0.15) is 50.8 Å². The summed E-state index contributed by atoms with van der Waals surface area (Å²) >= 11 is 1.44. The summed E-state index contributed by atoms with van der Waals surface area (Å²) in [5.41, 5.74) is 2.12. The van der Waals surface area contributed by atoms with E-state index in [0.717, 1.165) is 22.3 Å². The summed E-state index contributed by atoms with van der Waals surface area (Å²) in [4.78, 5) is 25.4. The fourth-order valence-electron chi connectivity index (χ4n) is 5.36. The summed E-state index contributed by atoms with van der Waals surface area (Å²) in [7, 11) is 0. The number of carbonyl (C=O) groups is 1. The van der Waals surface area contributed by atoms with E-state index in [9.17, 15) is 19.8 Å². The van der Waals surface area contributed by atoms with E-state index in [1.165, 1.54) is 25.6 Å². The number of aliphatic hydroxyl groups is 1. The van der Waals surface area contributed by atoms with Gasteiger partial charge in [-0.25, -0.2) is 14.7 Å². The lowest BCUT2D eigenvalue weighted by Gasteiger charge is -2.43. The molecular weight excluding hydrogens is 560 g/mol. The molecule has 0 bridgehead atoms. The zero-order valence-corrected chi connectivity index (χ0v) is 24.7. The number of hydrogen-bond donors (Lipinski definition) is 4. The molecule has 12 nitrogen and oxygen atoms in total. The molecule has 220 valence electrons. The van der Waals surface area contributed by atoms with Crippen LogP contribution < -0.4 is 11.1 Å². The highest BCUT2D eigenvalue weighted by Crippen LogP contribution is 2.47. The lowest BCUT2D eigenvalue weighted by molar-refractivity contribution is -0.135. The van der Waals surface area contributed by atoms with Crippen LogP contribution >= 0.6 is 11.8 Å². The van der Waals surface area contributed by atoms with Crippen LogP contribution in [0.5, 0.6) is 0 Å². The standard InChI is InChI=1S/C29H32N6O6S/c1-6-42-29(15-22-17(3)40-27(38)41-22)30-24(28(4,5)39)23(26(36)37)35(29)16(2)18-11-13-19(14-12-18)20-9-7-8-10-21(20)25-31-33-34-32-25/h7-14,16,30,39H,6,15H2,1-5H3,(H,36,37)(H,31,32,33,34). The van der Waals surface area contributed by atoms with Crippen LogP contribution in [0.15, 0.2) is 73.6 Å². The van der Waals surface area contributed by atoms with Crippen LogP contribution in [-0.4, -0.2) is 58.1 Å². The van der Waals surface area contributed by atoms with Crippen molar-refractivity contribution in [3.8, 4) is 22.5 Å². The van der Waals surface area contributed by atoms with Crippen molar-refractivity contribution in [2.75, 3.05) is 5.75 Å². The third-order valence-electron chi connectivity index (χ3n) is 7.24. The quantitative estimate of drug-likeness (QED) is 0.208. The molecule has 1 aliphatic rings. The van der Waals surface area contributed by atoms with Gasteiger partial charge >= 0.3 is 11.8 Å². The molecule has 0 aliphatic carbocycles. The Balaban J connectivity index is 1.60. The Kier molecular flexibility index (Phi) is 7.73. The van der Waals surface area contributed by atoms with Crippen molar-refractivity contribution in [1.82, 2.24) is 30.8 Å². The third kappa shape index (κ3) is 5.32. The number of carboxylic acids is 1. The number of tetrazole rings is 1. The predicted molar refractivity (Wildman–Crippen MR) is 156 cm³/mol. The molecular formula is C29H32N6O6S. The molecule has 42 heavy (non-hydrogen) atoms. The lowest BCUT2D eigenvalue weighted by atomic mass is 9.96. The van der Waals surface area contributed by atoms with Gasteiger partial charge in [0.2, 0.25) is 0 Å². The number of aromatic nitrogens is 4. The Morgan fingerprint density at radius 3 is 2.38 bits per heavy atom. The van der Waals surface area contributed by atoms with E-state index in [2.05, 4.69) is 25.9 Å². The highest BCUT2D eigenvalue weighted by atomic mass is 32.2. The highest BCUT2D eigenvalue weighted by molar-refractivity contribution is 8.00. The molecule has 2 aromatic heterocycles. The maximum atomic E-state index is 12.8. The molecule has 2 unspecified atom stereocenters. The first-order valence-corrected chi connectivity index (χ1v) is 14.4. The normalized spacial score (nSPS) is 17.9. The monoisotopic (exact) mass is 592 g/mol. The second kappa shape index (κ2) is 11.1.